The number of fused-ring (bicyclic) bond motifs is 1. The van der Waals surface area contributed by atoms with Gasteiger partial charge < -0.3 is 14.9 Å². The van der Waals surface area contributed by atoms with Crippen molar-refractivity contribution in [3.05, 3.63) is 48.0 Å². The second-order valence-electron chi connectivity index (χ2n) is 6.07. The average molecular weight is 315 g/mol. The Morgan fingerprint density at radius 3 is 2.74 bits per heavy atom. The molecule has 1 aliphatic rings. The van der Waals surface area contributed by atoms with Gasteiger partial charge in [0.25, 0.3) is 0 Å². The molecular weight excluding hydrogens is 294 g/mol. The van der Waals surface area contributed by atoms with Crippen LogP contribution >= 0.6 is 0 Å². The highest BCUT2D eigenvalue weighted by atomic mass is 16.5. The summed E-state index contributed by atoms with van der Waals surface area (Å²) in [7, 11) is 1.43. The molecule has 1 heterocycles. The van der Waals surface area contributed by atoms with Crippen molar-refractivity contribution in [1.82, 2.24) is 4.90 Å². The minimum atomic E-state index is -1.15. The van der Waals surface area contributed by atoms with Crippen molar-refractivity contribution in [3.8, 4) is 0 Å². The number of rotatable bonds is 5. The Morgan fingerprint density at radius 1 is 1.30 bits per heavy atom. The summed E-state index contributed by atoms with van der Waals surface area (Å²) in [4.78, 5) is 13.4. The van der Waals surface area contributed by atoms with Crippen LogP contribution in [0, 0.1) is 0 Å². The molecule has 0 bridgehead atoms. The van der Waals surface area contributed by atoms with Crippen LogP contribution in [-0.2, 0) is 9.53 Å². The van der Waals surface area contributed by atoms with Gasteiger partial charge in [-0.15, -0.1) is 0 Å². The molecule has 1 fully saturated rings. The first-order valence-corrected chi connectivity index (χ1v) is 7.72. The number of nitrogens with zero attached hydrogens (tertiary/aromatic N) is 1. The maximum Gasteiger partial charge on any atom is 0.337 e. The van der Waals surface area contributed by atoms with Gasteiger partial charge in [0.05, 0.1) is 6.10 Å². The third kappa shape index (κ3) is 2.95. The van der Waals surface area contributed by atoms with E-state index in [0.29, 0.717) is 26.1 Å². The highest BCUT2D eigenvalue weighted by Crippen LogP contribution is 2.29. The Hall–Kier alpha value is -1.95. The zero-order valence-corrected chi connectivity index (χ0v) is 13.1. The van der Waals surface area contributed by atoms with Crippen LogP contribution in [0.25, 0.3) is 10.8 Å². The topological polar surface area (TPSA) is 70.0 Å². The van der Waals surface area contributed by atoms with Crippen molar-refractivity contribution >= 4 is 16.7 Å². The minimum Gasteiger partial charge on any atom is -0.479 e. The lowest BCUT2D eigenvalue weighted by molar-refractivity contribution is -0.160. The molecule has 5 heteroatoms. The van der Waals surface area contributed by atoms with E-state index in [-0.39, 0.29) is 0 Å². The molecule has 0 radical (unpaired) electrons. The summed E-state index contributed by atoms with van der Waals surface area (Å²) in [5, 5.41) is 22.1. The molecule has 2 N–H and O–H groups in total. The molecule has 1 unspecified atom stereocenters. The second kappa shape index (κ2) is 6.28. The van der Waals surface area contributed by atoms with Crippen molar-refractivity contribution in [2.75, 3.05) is 26.7 Å². The Bertz CT molecular complexity index is 712. The van der Waals surface area contributed by atoms with E-state index in [1.165, 1.54) is 7.11 Å². The van der Waals surface area contributed by atoms with Crippen LogP contribution < -0.4 is 0 Å². The van der Waals surface area contributed by atoms with E-state index in [4.69, 9.17) is 4.74 Å². The molecular formula is C18H21NO4. The first-order valence-electron chi connectivity index (χ1n) is 7.72. The van der Waals surface area contributed by atoms with E-state index in [1.54, 1.807) is 0 Å². The van der Waals surface area contributed by atoms with E-state index < -0.39 is 17.7 Å². The number of β-amino-alcohol motifs (C(OH)–C–C–N with tert-alkyl or cyclic N) is 1. The Labute approximate surface area is 135 Å². The summed E-state index contributed by atoms with van der Waals surface area (Å²) in [6.07, 6.45) is -0.233. The molecule has 2 atom stereocenters. The monoisotopic (exact) mass is 315 g/mol. The second-order valence-corrected chi connectivity index (χ2v) is 6.07. The fourth-order valence-electron chi connectivity index (χ4n) is 3.33. The van der Waals surface area contributed by atoms with Crippen molar-refractivity contribution < 1.29 is 19.7 Å². The molecule has 0 amide bonds. The molecule has 0 spiro atoms. The lowest BCUT2D eigenvalue weighted by Gasteiger charge is -2.25. The predicted molar refractivity (Wildman–Crippen MR) is 87.3 cm³/mol. The summed E-state index contributed by atoms with van der Waals surface area (Å²) in [6, 6.07) is 13.8. The van der Waals surface area contributed by atoms with Crippen LogP contribution in [0.4, 0.5) is 0 Å². The highest BCUT2D eigenvalue weighted by Gasteiger charge is 2.45. The predicted octanol–water partition coefficient (Wildman–Crippen LogP) is 2.05. The van der Waals surface area contributed by atoms with Crippen molar-refractivity contribution in [1.29, 1.82) is 0 Å². The number of carboxylic acids is 1. The Morgan fingerprint density at radius 2 is 2.04 bits per heavy atom. The fraction of sp³-hybridized carbons (Fsp3) is 0.389. The highest BCUT2D eigenvalue weighted by molar-refractivity contribution is 5.86. The Balaban J connectivity index is 1.77. The van der Waals surface area contributed by atoms with Gasteiger partial charge >= 0.3 is 5.97 Å². The minimum absolute atomic E-state index is 0.292. The van der Waals surface area contributed by atoms with Crippen LogP contribution in [0.2, 0.25) is 0 Å². The van der Waals surface area contributed by atoms with Gasteiger partial charge in [-0.1, -0.05) is 42.5 Å². The molecule has 23 heavy (non-hydrogen) atoms. The quantitative estimate of drug-likeness (QED) is 0.884. The summed E-state index contributed by atoms with van der Waals surface area (Å²) >= 11 is 0. The summed E-state index contributed by atoms with van der Waals surface area (Å²) in [6.45, 7) is 1.29. The molecule has 2 aromatic rings. The van der Waals surface area contributed by atoms with E-state index in [0.717, 1.165) is 16.3 Å². The van der Waals surface area contributed by atoms with Gasteiger partial charge in [0.2, 0.25) is 0 Å². The number of ether oxygens (including phenoxy) is 1. The lowest BCUT2D eigenvalue weighted by Crippen LogP contribution is -2.43. The fourth-order valence-corrected chi connectivity index (χ4v) is 3.33. The third-order valence-electron chi connectivity index (χ3n) is 4.70. The van der Waals surface area contributed by atoms with Gasteiger partial charge in [0, 0.05) is 33.2 Å². The standard InChI is InChI=1S/C18H21NO4/c1-23-18(17(21)22)9-10-19(12-18)11-16(20)15-8-4-6-13-5-2-3-7-14(13)15/h2-8,16,20H,9-12H2,1H3,(H,21,22)/t16-,18?/m0/s1. The largest absolute Gasteiger partial charge is 0.479 e. The summed E-state index contributed by atoms with van der Waals surface area (Å²) in [5.74, 6) is -0.942. The number of aliphatic hydroxyl groups excluding tert-OH is 1. The van der Waals surface area contributed by atoms with Crippen molar-refractivity contribution in [2.24, 2.45) is 0 Å². The molecule has 1 aliphatic heterocycles. The van der Waals surface area contributed by atoms with Crippen LogP contribution in [-0.4, -0.2) is 53.4 Å². The first-order chi connectivity index (χ1) is 11.1. The molecule has 5 nitrogen and oxygen atoms in total. The number of carbonyl (C=O) groups is 1. The van der Waals surface area contributed by atoms with E-state index in [1.807, 2.05) is 47.4 Å². The SMILES string of the molecule is COC1(C(=O)O)CCN(C[C@H](O)c2cccc3ccccc23)C1. The van der Waals surface area contributed by atoms with Gasteiger partial charge in [-0.25, -0.2) is 4.79 Å². The molecule has 2 aromatic carbocycles. The number of aliphatic hydroxyl groups is 1. The van der Waals surface area contributed by atoms with Crippen LogP contribution in [0.15, 0.2) is 42.5 Å². The molecule has 3 rings (SSSR count). The summed E-state index contributed by atoms with van der Waals surface area (Å²) in [5.41, 5.74) is -0.285. The maximum absolute atomic E-state index is 11.4. The Kier molecular flexibility index (Phi) is 4.35. The van der Waals surface area contributed by atoms with Crippen LogP contribution in [0.3, 0.4) is 0 Å². The zero-order chi connectivity index (χ0) is 16.4. The molecule has 0 aromatic heterocycles. The van der Waals surface area contributed by atoms with E-state index in [9.17, 15) is 15.0 Å². The van der Waals surface area contributed by atoms with Crippen LogP contribution in [0.1, 0.15) is 18.1 Å². The van der Waals surface area contributed by atoms with Gasteiger partial charge in [-0.05, 0) is 16.3 Å². The number of hydrogen-bond acceptors (Lipinski definition) is 4. The van der Waals surface area contributed by atoms with Crippen molar-refractivity contribution in [2.45, 2.75) is 18.1 Å². The zero-order valence-electron chi connectivity index (χ0n) is 13.1. The van der Waals surface area contributed by atoms with Gasteiger partial charge in [-0.2, -0.15) is 0 Å². The normalized spacial score (nSPS) is 23.2. The molecule has 0 saturated carbocycles. The number of methoxy groups -OCH3 is 1. The average Bonchev–Trinajstić information content (AvgIpc) is 2.99. The molecule has 0 aliphatic carbocycles. The van der Waals surface area contributed by atoms with E-state index >= 15 is 0 Å². The molecule has 122 valence electrons. The number of carboxylic acid groups (broad SMARTS) is 1. The summed E-state index contributed by atoms with van der Waals surface area (Å²) < 4.78 is 5.23. The van der Waals surface area contributed by atoms with Crippen molar-refractivity contribution in [3.63, 3.8) is 0 Å². The molecule has 1 saturated heterocycles. The third-order valence-corrected chi connectivity index (χ3v) is 4.70. The number of hydrogen-bond donors (Lipinski definition) is 2. The smallest absolute Gasteiger partial charge is 0.337 e. The van der Waals surface area contributed by atoms with Gasteiger partial charge in [0.15, 0.2) is 5.60 Å². The number of aliphatic carboxylic acids is 1. The van der Waals surface area contributed by atoms with E-state index in [2.05, 4.69) is 0 Å². The number of benzene rings is 2. The van der Waals surface area contributed by atoms with Crippen LogP contribution in [0.5, 0.6) is 0 Å². The maximum atomic E-state index is 11.4. The lowest BCUT2D eigenvalue weighted by atomic mass is 10.00. The van der Waals surface area contributed by atoms with Gasteiger partial charge in [0.1, 0.15) is 0 Å². The van der Waals surface area contributed by atoms with Gasteiger partial charge in [-0.3, -0.25) is 4.90 Å². The first kappa shape index (κ1) is 15.9. The number of likely N-dealkylation sites (tertiary alicyclic amines) is 1.